The van der Waals surface area contributed by atoms with Crippen LogP contribution in [0.5, 0.6) is 0 Å². The van der Waals surface area contributed by atoms with Gasteiger partial charge in [-0.2, -0.15) is 0 Å². The van der Waals surface area contributed by atoms with E-state index in [4.69, 9.17) is 10.5 Å². The third-order valence-electron chi connectivity index (χ3n) is 5.79. The van der Waals surface area contributed by atoms with Crippen molar-refractivity contribution in [2.24, 2.45) is 28.9 Å². The highest BCUT2D eigenvalue weighted by atomic mass is 16.5. The number of rotatable bonds is 7. The van der Waals surface area contributed by atoms with Crippen molar-refractivity contribution in [3.63, 3.8) is 0 Å². The average Bonchev–Trinajstić information content (AvgIpc) is 2.45. The fourth-order valence-electron chi connectivity index (χ4n) is 3.47. The zero-order valence-electron chi connectivity index (χ0n) is 14.7. The van der Waals surface area contributed by atoms with E-state index in [-0.39, 0.29) is 23.3 Å². The van der Waals surface area contributed by atoms with Crippen molar-refractivity contribution < 1.29 is 9.53 Å². The number of nitrogens with two attached hydrogens (primary N) is 1. The number of carbonyl (C=O) groups excluding carboxylic acids is 1. The number of hydrogen-bond donors (Lipinski definition) is 1. The predicted molar refractivity (Wildman–Crippen MR) is 87.9 cm³/mol. The highest BCUT2D eigenvalue weighted by molar-refractivity contribution is 5.73. The maximum Gasteiger partial charge on any atom is 0.309 e. The van der Waals surface area contributed by atoms with Gasteiger partial charge in [0.25, 0.3) is 0 Å². The molecular weight excluding hydrogens is 262 g/mol. The molecular formula is C18H35NO2. The lowest BCUT2D eigenvalue weighted by molar-refractivity contribution is -0.158. The first-order chi connectivity index (χ1) is 9.84. The Labute approximate surface area is 131 Å². The van der Waals surface area contributed by atoms with Crippen molar-refractivity contribution >= 4 is 5.97 Å². The van der Waals surface area contributed by atoms with Crippen LogP contribution in [0, 0.1) is 23.2 Å². The summed E-state index contributed by atoms with van der Waals surface area (Å²) in [5, 5.41) is 0. The Hall–Kier alpha value is -0.570. The third kappa shape index (κ3) is 4.70. The van der Waals surface area contributed by atoms with Crippen LogP contribution < -0.4 is 5.73 Å². The standard InChI is InChI=1S/C18H35NO2/c1-6-8-9-14(7-2)12-21-17(20)15-10-11-16(19)13(3)18(15,4)5/h13-16H,6-12,19H2,1-5H3. The van der Waals surface area contributed by atoms with Gasteiger partial charge in [-0.3, -0.25) is 4.79 Å². The van der Waals surface area contributed by atoms with Gasteiger partial charge in [-0.25, -0.2) is 0 Å². The highest BCUT2D eigenvalue weighted by Gasteiger charge is 2.45. The summed E-state index contributed by atoms with van der Waals surface area (Å²) in [7, 11) is 0. The molecule has 4 atom stereocenters. The van der Waals surface area contributed by atoms with Gasteiger partial charge >= 0.3 is 5.97 Å². The van der Waals surface area contributed by atoms with Crippen molar-refractivity contribution in [3.8, 4) is 0 Å². The second-order valence-corrected chi connectivity index (χ2v) is 7.45. The Morgan fingerprint density at radius 2 is 2.00 bits per heavy atom. The normalized spacial score (nSPS) is 29.9. The lowest BCUT2D eigenvalue weighted by Crippen LogP contribution is -2.49. The molecule has 0 saturated heterocycles. The number of esters is 1. The summed E-state index contributed by atoms with van der Waals surface area (Å²) in [6, 6.07) is 0.206. The van der Waals surface area contributed by atoms with Gasteiger partial charge in [-0.1, -0.05) is 53.9 Å². The highest BCUT2D eigenvalue weighted by Crippen LogP contribution is 2.44. The van der Waals surface area contributed by atoms with E-state index in [1.54, 1.807) is 0 Å². The zero-order chi connectivity index (χ0) is 16.0. The number of carbonyl (C=O) groups is 1. The van der Waals surface area contributed by atoms with Crippen molar-refractivity contribution in [2.45, 2.75) is 79.2 Å². The molecule has 1 aliphatic rings. The van der Waals surface area contributed by atoms with Crippen molar-refractivity contribution in [1.82, 2.24) is 0 Å². The molecule has 0 aliphatic heterocycles. The minimum Gasteiger partial charge on any atom is -0.465 e. The molecule has 0 amide bonds. The van der Waals surface area contributed by atoms with Crippen LogP contribution in [0.2, 0.25) is 0 Å². The molecule has 2 N–H and O–H groups in total. The van der Waals surface area contributed by atoms with Gasteiger partial charge in [-0.05, 0) is 36.5 Å². The second kappa shape index (κ2) is 8.17. The summed E-state index contributed by atoms with van der Waals surface area (Å²) in [4.78, 5) is 12.5. The molecule has 21 heavy (non-hydrogen) atoms. The molecule has 3 heteroatoms. The molecule has 0 aromatic rings. The number of ether oxygens (including phenoxy) is 1. The van der Waals surface area contributed by atoms with Gasteiger partial charge in [0.1, 0.15) is 0 Å². The summed E-state index contributed by atoms with van der Waals surface area (Å²) in [5.41, 5.74) is 6.09. The van der Waals surface area contributed by atoms with Crippen molar-refractivity contribution in [1.29, 1.82) is 0 Å². The lowest BCUT2D eigenvalue weighted by atomic mass is 9.61. The molecule has 124 valence electrons. The zero-order valence-corrected chi connectivity index (χ0v) is 14.7. The van der Waals surface area contributed by atoms with Gasteiger partial charge < -0.3 is 10.5 Å². The van der Waals surface area contributed by atoms with E-state index in [0.717, 1.165) is 25.7 Å². The van der Waals surface area contributed by atoms with E-state index in [1.165, 1.54) is 12.8 Å². The van der Waals surface area contributed by atoms with Crippen molar-refractivity contribution in [2.75, 3.05) is 6.61 Å². The van der Waals surface area contributed by atoms with Crippen LogP contribution in [0.3, 0.4) is 0 Å². The molecule has 0 heterocycles. The van der Waals surface area contributed by atoms with Crippen LogP contribution in [-0.4, -0.2) is 18.6 Å². The van der Waals surface area contributed by atoms with Gasteiger partial charge in [0.2, 0.25) is 0 Å². The SMILES string of the molecule is CCCCC(CC)COC(=O)C1CCC(N)C(C)C1(C)C. The first-order valence-corrected chi connectivity index (χ1v) is 8.76. The second-order valence-electron chi connectivity index (χ2n) is 7.45. The maximum atomic E-state index is 12.5. The molecule has 3 nitrogen and oxygen atoms in total. The van der Waals surface area contributed by atoms with E-state index in [0.29, 0.717) is 18.4 Å². The van der Waals surface area contributed by atoms with E-state index in [1.807, 2.05) is 0 Å². The summed E-state index contributed by atoms with van der Waals surface area (Å²) < 4.78 is 5.67. The molecule has 0 aromatic carbocycles. The average molecular weight is 297 g/mol. The van der Waals surface area contributed by atoms with Crippen LogP contribution in [0.1, 0.15) is 73.1 Å². The third-order valence-corrected chi connectivity index (χ3v) is 5.79. The molecule has 1 rings (SSSR count). The monoisotopic (exact) mass is 297 g/mol. The van der Waals surface area contributed by atoms with E-state index in [2.05, 4.69) is 34.6 Å². The van der Waals surface area contributed by atoms with Crippen LogP contribution in [0.4, 0.5) is 0 Å². The van der Waals surface area contributed by atoms with Gasteiger partial charge in [0, 0.05) is 6.04 Å². The summed E-state index contributed by atoms with van der Waals surface area (Å²) in [5.74, 6) is 0.857. The van der Waals surface area contributed by atoms with Crippen LogP contribution in [-0.2, 0) is 9.53 Å². The quantitative estimate of drug-likeness (QED) is 0.718. The molecule has 4 unspecified atom stereocenters. The Kier molecular flexibility index (Phi) is 7.19. The molecule has 1 saturated carbocycles. The van der Waals surface area contributed by atoms with Gasteiger partial charge in [0.15, 0.2) is 0 Å². The lowest BCUT2D eigenvalue weighted by Gasteiger charge is -2.45. The van der Waals surface area contributed by atoms with Crippen LogP contribution in [0.15, 0.2) is 0 Å². The predicted octanol–water partition coefficient (Wildman–Crippen LogP) is 4.15. The molecule has 1 fully saturated rings. The summed E-state index contributed by atoms with van der Waals surface area (Å²) >= 11 is 0. The number of hydrogen-bond acceptors (Lipinski definition) is 3. The summed E-state index contributed by atoms with van der Waals surface area (Å²) in [6.45, 7) is 11.5. The van der Waals surface area contributed by atoms with Crippen LogP contribution >= 0.6 is 0 Å². The first-order valence-electron chi connectivity index (χ1n) is 8.76. The molecule has 0 radical (unpaired) electrons. The summed E-state index contributed by atoms with van der Waals surface area (Å²) in [6.07, 6.45) is 6.46. The Balaban J connectivity index is 2.54. The minimum absolute atomic E-state index is 0.00372. The number of unbranched alkanes of at least 4 members (excludes halogenated alkanes) is 1. The Bertz CT molecular complexity index is 327. The fraction of sp³-hybridized carbons (Fsp3) is 0.944. The molecule has 0 aromatic heterocycles. The Morgan fingerprint density at radius 3 is 2.57 bits per heavy atom. The fourth-order valence-corrected chi connectivity index (χ4v) is 3.47. The van der Waals surface area contributed by atoms with E-state index in [9.17, 15) is 4.79 Å². The first kappa shape index (κ1) is 18.5. The topological polar surface area (TPSA) is 52.3 Å². The smallest absolute Gasteiger partial charge is 0.309 e. The molecule has 0 bridgehead atoms. The molecule has 1 aliphatic carbocycles. The van der Waals surface area contributed by atoms with Gasteiger partial charge in [-0.15, -0.1) is 0 Å². The van der Waals surface area contributed by atoms with Crippen molar-refractivity contribution in [3.05, 3.63) is 0 Å². The molecule has 0 spiro atoms. The van der Waals surface area contributed by atoms with Gasteiger partial charge in [0.05, 0.1) is 12.5 Å². The largest absolute Gasteiger partial charge is 0.465 e. The van der Waals surface area contributed by atoms with E-state index < -0.39 is 0 Å². The van der Waals surface area contributed by atoms with Crippen LogP contribution in [0.25, 0.3) is 0 Å². The maximum absolute atomic E-state index is 12.5. The minimum atomic E-state index is -0.0696. The Morgan fingerprint density at radius 1 is 1.33 bits per heavy atom. The van der Waals surface area contributed by atoms with E-state index >= 15 is 0 Å².